The van der Waals surface area contributed by atoms with Gasteiger partial charge in [-0.15, -0.1) is 10.2 Å². The molecule has 26 heavy (non-hydrogen) atoms. The van der Waals surface area contributed by atoms with Gasteiger partial charge in [0.1, 0.15) is 11.9 Å². The predicted molar refractivity (Wildman–Crippen MR) is 92.3 cm³/mol. The van der Waals surface area contributed by atoms with Crippen molar-refractivity contribution in [3.05, 3.63) is 35.9 Å². The summed E-state index contributed by atoms with van der Waals surface area (Å²) in [6.07, 6.45) is 1.98. The number of nitriles is 1. The summed E-state index contributed by atoms with van der Waals surface area (Å²) in [5.41, 5.74) is 1.30. The van der Waals surface area contributed by atoms with Gasteiger partial charge in [0.05, 0.1) is 17.3 Å². The molecule has 2 aliphatic rings. The van der Waals surface area contributed by atoms with Crippen LogP contribution in [0.2, 0.25) is 0 Å². The highest BCUT2D eigenvalue weighted by Crippen LogP contribution is 2.31. The highest BCUT2D eigenvalue weighted by molar-refractivity contribution is 5.67. The fourth-order valence-corrected chi connectivity index (χ4v) is 3.77. The van der Waals surface area contributed by atoms with Gasteiger partial charge in [0.25, 0.3) is 0 Å². The number of alkyl halides is 1. The molecule has 4 rings (SSSR count). The van der Waals surface area contributed by atoms with E-state index in [-0.39, 0.29) is 17.7 Å². The number of phenols is 1. The average Bonchev–Trinajstić information content (AvgIpc) is 2.67. The molecule has 0 amide bonds. The van der Waals surface area contributed by atoms with Crippen molar-refractivity contribution in [3.8, 4) is 29.0 Å². The number of fused-ring (bicyclic) bond motifs is 2. The first-order valence-corrected chi connectivity index (χ1v) is 8.78. The van der Waals surface area contributed by atoms with Gasteiger partial charge in [-0.1, -0.05) is 6.42 Å². The number of nitrogens with one attached hydrogen (secondary N) is 1. The molecule has 3 heterocycles. The Hall–Kier alpha value is -2.72. The fourth-order valence-electron chi connectivity index (χ4n) is 3.77. The minimum Gasteiger partial charge on any atom is -0.507 e. The molecule has 2 bridgehead atoms. The Kier molecular flexibility index (Phi) is 4.43. The van der Waals surface area contributed by atoms with Crippen LogP contribution >= 0.6 is 0 Å². The van der Waals surface area contributed by atoms with Gasteiger partial charge >= 0.3 is 0 Å². The van der Waals surface area contributed by atoms with E-state index in [1.165, 1.54) is 6.07 Å². The van der Waals surface area contributed by atoms with Gasteiger partial charge in [0, 0.05) is 30.1 Å². The van der Waals surface area contributed by atoms with Crippen molar-refractivity contribution in [1.29, 1.82) is 5.26 Å². The molecular formula is C19H19FN4O2. The summed E-state index contributed by atoms with van der Waals surface area (Å²) in [6, 6.07) is 10.0. The molecular weight excluding hydrogens is 335 g/mol. The molecule has 1 aromatic carbocycles. The Labute approximate surface area is 150 Å². The molecule has 4 atom stereocenters. The van der Waals surface area contributed by atoms with Crippen molar-refractivity contribution in [2.45, 2.75) is 50.0 Å². The Morgan fingerprint density at radius 2 is 2.12 bits per heavy atom. The molecule has 0 spiro atoms. The highest BCUT2D eigenvalue weighted by atomic mass is 19.1. The van der Waals surface area contributed by atoms with Crippen LogP contribution in [0.25, 0.3) is 11.3 Å². The third kappa shape index (κ3) is 3.20. The lowest BCUT2D eigenvalue weighted by Crippen LogP contribution is -2.59. The van der Waals surface area contributed by atoms with Gasteiger partial charge in [0.15, 0.2) is 6.17 Å². The Balaban J connectivity index is 1.49. The van der Waals surface area contributed by atoms with Crippen molar-refractivity contribution < 1.29 is 14.2 Å². The number of rotatable bonds is 3. The summed E-state index contributed by atoms with van der Waals surface area (Å²) in [7, 11) is 0. The van der Waals surface area contributed by atoms with E-state index in [4.69, 9.17) is 10.00 Å². The number of hydrogen-bond donors (Lipinski definition) is 2. The number of piperidine rings is 2. The second-order valence-corrected chi connectivity index (χ2v) is 6.84. The Bertz CT molecular complexity index is 836. The number of halogens is 1. The van der Waals surface area contributed by atoms with E-state index >= 15 is 0 Å². The van der Waals surface area contributed by atoms with Crippen LogP contribution < -0.4 is 10.1 Å². The molecule has 7 heteroatoms. The molecule has 2 N–H and O–H groups in total. The monoisotopic (exact) mass is 354 g/mol. The summed E-state index contributed by atoms with van der Waals surface area (Å²) in [6.45, 7) is 0. The van der Waals surface area contributed by atoms with E-state index in [0.29, 0.717) is 29.3 Å². The first kappa shape index (κ1) is 16.7. The van der Waals surface area contributed by atoms with Crippen molar-refractivity contribution in [3.63, 3.8) is 0 Å². The van der Waals surface area contributed by atoms with Crippen molar-refractivity contribution >= 4 is 0 Å². The van der Waals surface area contributed by atoms with Gasteiger partial charge in [-0.25, -0.2) is 4.39 Å². The Morgan fingerprint density at radius 1 is 1.23 bits per heavy atom. The second kappa shape index (κ2) is 6.89. The van der Waals surface area contributed by atoms with Gasteiger partial charge < -0.3 is 15.2 Å². The van der Waals surface area contributed by atoms with Crippen LogP contribution in [0.1, 0.15) is 31.2 Å². The zero-order valence-corrected chi connectivity index (χ0v) is 14.1. The summed E-state index contributed by atoms with van der Waals surface area (Å²) in [4.78, 5) is 0. The summed E-state index contributed by atoms with van der Waals surface area (Å²) in [5, 5.41) is 30.3. The number of aromatic hydroxyl groups is 1. The standard InChI is InChI=1S/C19H19FN4O2/c20-19-15-3-1-2-12(22-15)9-17(19)26-18-7-6-14(23-24-18)13-5-4-11(10-21)8-16(13)25/h4-8,12,15,17,19,22,25H,1-3,9H2/t12-,15+,17-,19+/m0/s1. The lowest BCUT2D eigenvalue weighted by molar-refractivity contribution is 0.00652. The van der Waals surface area contributed by atoms with Crippen molar-refractivity contribution in [2.24, 2.45) is 0 Å². The maximum absolute atomic E-state index is 14.6. The normalized spacial score (nSPS) is 27.5. The molecule has 2 aromatic rings. The quantitative estimate of drug-likeness (QED) is 0.881. The molecule has 0 radical (unpaired) electrons. The van der Waals surface area contributed by atoms with Crippen LogP contribution in [0.4, 0.5) is 4.39 Å². The van der Waals surface area contributed by atoms with Crippen molar-refractivity contribution in [2.75, 3.05) is 0 Å². The SMILES string of the molecule is N#Cc1ccc(-c2ccc(O[C@H]3C[C@@H]4CCC[C@@H](N4)[C@H]3F)nn2)c(O)c1. The Morgan fingerprint density at radius 3 is 2.85 bits per heavy atom. The smallest absolute Gasteiger partial charge is 0.233 e. The first-order valence-electron chi connectivity index (χ1n) is 8.78. The lowest BCUT2D eigenvalue weighted by Gasteiger charge is -2.42. The molecule has 0 aliphatic carbocycles. The molecule has 1 aromatic heterocycles. The van der Waals surface area contributed by atoms with E-state index in [9.17, 15) is 9.50 Å². The molecule has 134 valence electrons. The van der Waals surface area contributed by atoms with E-state index in [1.807, 2.05) is 6.07 Å². The number of benzene rings is 1. The van der Waals surface area contributed by atoms with Crippen LogP contribution in [-0.2, 0) is 0 Å². The van der Waals surface area contributed by atoms with Crippen LogP contribution in [0, 0.1) is 11.3 Å². The van der Waals surface area contributed by atoms with Gasteiger partial charge in [-0.3, -0.25) is 0 Å². The molecule has 2 aliphatic heterocycles. The number of ether oxygens (including phenoxy) is 1. The zero-order valence-electron chi connectivity index (χ0n) is 14.1. The van der Waals surface area contributed by atoms with E-state index in [0.717, 1.165) is 19.3 Å². The van der Waals surface area contributed by atoms with Gasteiger partial charge in [0.2, 0.25) is 5.88 Å². The molecule has 2 saturated heterocycles. The fraction of sp³-hybridized carbons (Fsp3) is 0.421. The van der Waals surface area contributed by atoms with Crippen molar-refractivity contribution in [1.82, 2.24) is 15.5 Å². The van der Waals surface area contributed by atoms with Gasteiger partial charge in [-0.05, 0) is 37.1 Å². The van der Waals surface area contributed by atoms with Crippen LogP contribution in [0.5, 0.6) is 11.6 Å². The number of nitrogens with zero attached hydrogens (tertiary/aromatic N) is 3. The molecule has 0 unspecified atom stereocenters. The van der Waals surface area contributed by atoms with E-state index in [2.05, 4.69) is 15.5 Å². The summed E-state index contributed by atoms with van der Waals surface area (Å²) in [5.74, 6) is 0.233. The minimum atomic E-state index is -1.06. The third-order valence-electron chi connectivity index (χ3n) is 5.09. The highest BCUT2D eigenvalue weighted by Gasteiger charge is 2.41. The first-order chi connectivity index (χ1) is 12.6. The van der Waals surface area contributed by atoms with E-state index < -0.39 is 12.3 Å². The predicted octanol–water partition coefficient (Wildman–Crippen LogP) is 2.72. The molecule has 2 fully saturated rings. The molecule has 0 saturated carbocycles. The third-order valence-corrected chi connectivity index (χ3v) is 5.09. The van der Waals surface area contributed by atoms with E-state index in [1.54, 1.807) is 24.3 Å². The van der Waals surface area contributed by atoms with Crippen LogP contribution in [0.15, 0.2) is 30.3 Å². The number of phenolic OH excluding ortho intramolecular Hbond substituents is 1. The number of hydrogen-bond acceptors (Lipinski definition) is 6. The minimum absolute atomic E-state index is 0.0398. The second-order valence-electron chi connectivity index (χ2n) is 6.84. The number of aromatic nitrogens is 2. The largest absolute Gasteiger partial charge is 0.507 e. The topological polar surface area (TPSA) is 91.1 Å². The summed E-state index contributed by atoms with van der Waals surface area (Å²) >= 11 is 0. The zero-order chi connectivity index (χ0) is 18.1. The average molecular weight is 354 g/mol. The summed E-state index contributed by atoms with van der Waals surface area (Å²) < 4.78 is 20.3. The lowest BCUT2D eigenvalue weighted by atomic mass is 9.84. The molecule has 6 nitrogen and oxygen atoms in total. The van der Waals surface area contributed by atoms with Crippen LogP contribution in [0.3, 0.4) is 0 Å². The maximum Gasteiger partial charge on any atom is 0.233 e. The van der Waals surface area contributed by atoms with Crippen LogP contribution in [-0.4, -0.2) is 39.7 Å². The van der Waals surface area contributed by atoms with Gasteiger partial charge in [-0.2, -0.15) is 5.26 Å². The maximum atomic E-state index is 14.6.